The summed E-state index contributed by atoms with van der Waals surface area (Å²) in [5, 5.41) is 23.7. The smallest absolute Gasteiger partial charge is 0.254 e. The van der Waals surface area contributed by atoms with Crippen molar-refractivity contribution in [3.05, 3.63) is 17.6 Å². The third-order valence-corrected chi connectivity index (χ3v) is 6.99. The summed E-state index contributed by atoms with van der Waals surface area (Å²) < 4.78 is 0. The molecule has 7 nitrogen and oxygen atoms in total. The molecule has 0 unspecified atom stereocenters. The number of nitrogens with one attached hydrogen (secondary N) is 1. The molecule has 148 valence electrons. The zero-order valence-electron chi connectivity index (χ0n) is 15.8. The van der Waals surface area contributed by atoms with E-state index in [-0.39, 0.29) is 17.6 Å². The van der Waals surface area contributed by atoms with Gasteiger partial charge >= 0.3 is 0 Å². The highest BCUT2D eigenvalue weighted by atomic mass is 16.3. The van der Waals surface area contributed by atoms with Crippen LogP contribution in [-0.2, 0) is 6.42 Å². The summed E-state index contributed by atoms with van der Waals surface area (Å²) in [6.07, 6.45) is 10.9. The van der Waals surface area contributed by atoms with Gasteiger partial charge in [0.15, 0.2) is 0 Å². The molecule has 4 aliphatic rings. The minimum atomic E-state index is -0.543. The summed E-state index contributed by atoms with van der Waals surface area (Å²) in [6, 6.07) is 0.0899. The maximum Gasteiger partial charge on any atom is 0.254 e. The molecule has 1 aromatic heterocycles. The molecule has 1 heterocycles. The Kier molecular flexibility index (Phi) is 4.84. The Morgan fingerprint density at radius 3 is 2.56 bits per heavy atom. The SMILES string of the molecule is NC(=O)c1cnc(CC23CCC(O)(CC2)CC3)nc1N[C@@H]1CCC[C@H](O)C1. The summed E-state index contributed by atoms with van der Waals surface area (Å²) >= 11 is 0. The van der Waals surface area contributed by atoms with Gasteiger partial charge in [-0.2, -0.15) is 0 Å². The Hall–Kier alpha value is -1.73. The van der Waals surface area contributed by atoms with Crippen LogP contribution in [0.5, 0.6) is 0 Å². The average molecular weight is 374 g/mol. The second-order valence-electron chi connectivity index (χ2n) is 8.98. The Bertz CT molecular complexity index is 699. The van der Waals surface area contributed by atoms with E-state index in [1.165, 1.54) is 6.20 Å². The minimum absolute atomic E-state index is 0.0899. The lowest BCUT2D eigenvalue weighted by atomic mass is 9.57. The standard InChI is InChI=1S/C20H30N4O3/c21-17(26)15-12-22-16(11-19-4-7-20(27,8-5-19)9-6-19)24-18(15)23-13-2-1-3-14(25)10-13/h12-14,25,27H,1-11H2,(H2,21,26)(H,22,23,24)/t13-,14+,19?,20?/m1/s1. The molecule has 0 saturated heterocycles. The molecule has 5 N–H and O–H groups in total. The van der Waals surface area contributed by atoms with Crippen molar-refractivity contribution in [2.75, 3.05) is 5.32 Å². The van der Waals surface area contributed by atoms with E-state index in [0.717, 1.165) is 70.0 Å². The van der Waals surface area contributed by atoms with Crippen LogP contribution in [0.4, 0.5) is 5.82 Å². The number of primary amides is 1. The van der Waals surface area contributed by atoms with E-state index in [1.54, 1.807) is 0 Å². The molecule has 0 aromatic carbocycles. The van der Waals surface area contributed by atoms with E-state index in [9.17, 15) is 15.0 Å². The summed E-state index contributed by atoms with van der Waals surface area (Å²) in [6.45, 7) is 0. The van der Waals surface area contributed by atoms with Gasteiger partial charge in [-0.25, -0.2) is 9.97 Å². The first kappa shape index (κ1) is 18.6. The van der Waals surface area contributed by atoms with Gasteiger partial charge in [0.25, 0.3) is 5.91 Å². The molecular weight excluding hydrogens is 344 g/mol. The Morgan fingerprint density at radius 1 is 1.22 bits per heavy atom. The van der Waals surface area contributed by atoms with Crippen LogP contribution in [0.2, 0.25) is 0 Å². The number of aromatic nitrogens is 2. The van der Waals surface area contributed by atoms with Gasteiger partial charge in [-0.15, -0.1) is 0 Å². The monoisotopic (exact) mass is 374 g/mol. The maximum absolute atomic E-state index is 11.8. The van der Waals surface area contributed by atoms with Gasteiger partial charge in [-0.3, -0.25) is 4.79 Å². The number of anilines is 1. The second-order valence-corrected chi connectivity index (χ2v) is 8.98. The number of fused-ring (bicyclic) bond motifs is 3. The van der Waals surface area contributed by atoms with Crippen LogP contribution in [-0.4, -0.2) is 43.8 Å². The number of aliphatic hydroxyl groups is 2. The summed E-state index contributed by atoms with van der Waals surface area (Å²) in [4.78, 5) is 20.9. The van der Waals surface area contributed by atoms with Crippen LogP contribution < -0.4 is 11.1 Å². The molecule has 0 spiro atoms. The first-order valence-corrected chi connectivity index (χ1v) is 10.2. The van der Waals surface area contributed by atoms with Crippen molar-refractivity contribution in [3.8, 4) is 0 Å². The molecule has 7 heteroatoms. The molecule has 4 aliphatic carbocycles. The van der Waals surface area contributed by atoms with E-state index in [0.29, 0.717) is 17.8 Å². The fourth-order valence-electron chi connectivity index (χ4n) is 5.13. The zero-order chi connectivity index (χ0) is 19.1. The topological polar surface area (TPSA) is 121 Å². The summed E-state index contributed by atoms with van der Waals surface area (Å²) in [7, 11) is 0. The first-order chi connectivity index (χ1) is 12.9. The van der Waals surface area contributed by atoms with E-state index in [1.807, 2.05) is 0 Å². The minimum Gasteiger partial charge on any atom is -0.393 e. The largest absolute Gasteiger partial charge is 0.393 e. The lowest BCUT2D eigenvalue weighted by Gasteiger charge is -2.50. The van der Waals surface area contributed by atoms with Gasteiger partial charge in [0.05, 0.1) is 17.3 Å². The third-order valence-electron chi connectivity index (χ3n) is 6.99. The van der Waals surface area contributed by atoms with Gasteiger partial charge in [-0.1, -0.05) is 0 Å². The number of carbonyl (C=O) groups is 1. The third kappa shape index (κ3) is 3.94. The molecule has 0 aliphatic heterocycles. The van der Waals surface area contributed by atoms with Gasteiger partial charge in [-0.05, 0) is 69.6 Å². The summed E-state index contributed by atoms with van der Waals surface area (Å²) in [5.41, 5.74) is 5.53. The first-order valence-electron chi connectivity index (χ1n) is 10.2. The highest BCUT2D eigenvalue weighted by molar-refractivity contribution is 5.97. The summed E-state index contributed by atoms with van der Waals surface area (Å²) in [5.74, 6) is 0.677. The molecule has 2 bridgehead atoms. The molecular formula is C20H30N4O3. The number of hydrogen-bond acceptors (Lipinski definition) is 6. The molecule has 2 atom stereocenters. The van der Waals surface area contributed by atoms with Crippen molar-refractivity contribution in [1.29, 1.82) is 0 Å². The molecule has 5 rings (SSSR count). The van der Waals surface area contributed by atoms with E-state index >= 15 is 0 Å². The van der Waals surface area contributed by atoms with Crippen molar-refractivity contribution in [3.63, 3.8) is 0 Å². The van der Waals surface area contributed by atoms with Gasteiger partial charge in [0.1, 0.15) is 11.6 Å². The fourth-order valence-corrected chi connectivity index (χ4v) is 5.13. The van der Waals surface area contributed by atoms with E-state index in [4.69, 9.17) is 5.73 Å². The number of amides is 1. The van der Waals surface area contributed by atoms with Crippen LogP contribution >= 0.6 is 0 Å². The van der Waals surface area contributed by atoms with Crippen molar-refractivity contribution in [1.82, 2.24) is 9.97 Å². The van der Waals surface area contributed by atoms with Crippen LogP contribution in [0, 0.1) is 5.41 Å². The average Bonchev–Trinajstić information content (AvgIpc) is 2.63. The van der Waals surface area contributed by atoms with Gasteiger partial charge < -0.3 is 21.3 Å². The number of aliphatic hydroxyl groups excluding tert-OH is 1. The highest BCUT2D eigenvalue weighted by Crippen LogP contribution is 2.53. The number of rotatable bonds is 5. The second kappa shape index (κ2) is 7.02. The lowest BCUT2D eigenvalue weighted by molar-refractivity contribution is -0.0920. The van der Waals surface area contributed by atoms with Crippen molar-refractivity contribution in [2.24, 2.45) is 11.1 Å². The molecule has 1 amide bonds. The number of carbonyl (C=O) groups excluding carboxylic acids is 1. The molecule has 27 heavy (non-hydrogen) atoms. The quantitative estimate of drug-likeness (QED) is 0.625. The predicted molar refractivity (Wildman–Crippen MR) is 101 cm³/mol. The van der Waals surface area contributed by atoms with E-state index in [2.05, 4.69) is 15.3 Å². The number of nitrogens with zero attached hydrogens (tertiary/aromatic N) is 2. The fraction of sp³-hybridized carbons (Fsp3) is 0.750. The van der Waals surface area contributed by atoms with Crippen LogP contribution in [0.1, 0.15) is 80.4 Å². The Morgan fingerprint density at radius 2 is 1.93 bits per heavy atom. The van der Waals surface area contributed by atoms with Crippen molar-refractivity contribution >= 4 is 11.7 Å². The normalized spacial score (nSPS) is 35.8. The number of nitrogens with two attached hydrogens (primary N) is 1. The molecule has 4 saturated carbocycles. The number of hydrogen-bond donors (Lipinski definition) is 4. The predicted octanol–water partition coefficient (Wildman–Crippen LogP) is 1.92. The highest BCUT2D eigenvalue weighted by Gasteiger charge is 2.47. The van der Waals surface area contributed by atoms with Crippen LogP contribution in [0.15, 0.2) is 6.20 Å². The van der Waals surface area contributed by atoms with Crippen molar-refractivity contribution in [2.45, 2.75) is 88.4 Å². The van der Waals surface area contributed by atoms with E-state index < -0.39 is 11.5 Å². The van der Waals surface area contributed by atoms with Crippen LogP contribution in [0.3, 0.4) is 0 Å². The van der Waals surface area contributed by atoms with Gasteiger partial charge in [0.2, 0.25) is 0 Å². The van der Waals surface area contributed by atoms with Crippen LogP contribution in [0.25, 0.3) is 0 Å². The maximum atomic E-state index is 11.8. The molecule has 1 aromatic rings. The zero-order valence-corrected chi connectivity index (χ0v) is 15.8. The molecule has 4 fully saturated rings. The van der Waals surface area contributed by atoms with Gasteiger partial charge in [0, 0.05) is 18.7 Å². The lowest BCUT2D eigenvalue weighted by Crippen LogP contribution is -2.47. The Labute approximate surface area is 159 Å². The molecule has 0 radical (unpaired) electrons. The Balaban J connectivity index is 1.53. The van der Waals surface area contributed by atoms with Crippen molar-refractivity contribution < 1.29 is 15.0 Å².